The number of hydrogen-bond acceptors (Lipinski definition) is 5. The first-order chi connectivity index (χ1) is 14.7. The Morgan fingerprint density at radius 2 is 2.07 bits per heavy atom. The van der Waals surface area contributed by atoms with E-state index in [0.29, 0.717) is 30.6 Å². The Balaban J connectivity index is 1.30. The zero-order chi connectivity index (χ0) is 20.5. The molecule has 6 nitrogen and oxygen atoms in total. The highest BCUT2D eigenvalue weighted by molar-refractivity contribution is 6.04. The Labute approximate surface area is 177 Å². The van der Waals surface area contributed by atoms with E-state index in [4.69, 9.17) is 14.2 Å². The van der Waals surface area contributed by atoms with E-state index in [1.807, 2.05) is 30.3 Å². The normalized spacial score (nSPS) is 20.5. The predicted octanol–water partition coefficient (Wildman–Crippen LogP) is 4.28. The van der Waals surface area contributed by atoms with Gasteiger partial charge in [-0.2, -0.15) is 0 Å². The Morgan fingerprint density at radius 1 is 1.13 bits per heavy atom. The van der Waals surface area contributed by atoms with Crippen molar-refractivity contribution >= 4 is 17.3 Å². The fourth-order valence-electron chi connectivity index (χ4n) is 4.70. The van der Waals surface area contributed by atoms with Gasteiger partial charge in [-0.05, 0) is 75.0 Å². The van der Waals surface area contributed by atoms with Gasteiger partial charge in [0.1, 0.15) is 5.75 Å². The molecule has 0 spiro atoms. The first-order valence-electron chi connectivity index (χ1n) is 10.9. The lowest BCUT2D eigenvalue weighted by Gasteiger charge is -2.30. The third-order valence-corrected chi connectivity index (χ3v) is 6.32. The average Bonchev–Trinajstić information content (AvgIpc) is 3.40. The van der Waals surface area contributed by atoms with E-state index in [1.54, 1.807) is 4.90 Å². The molecule has 3 aliphatic heterocycles. The minimum Gasteiger partial charge on any atom is -0.494 e. The smallest absolute Gasteiger partial charge is 0.232 e. The van der Waals surface area contributed by atoms with Gasteiger partial charge in [-0.3, -0.25) is 9.69 Å². The summed E-state index contributed by atoms with van der Waals surface area (Å²) < 4.78 is 17.2. The number of benzene rings is 2. The van der Waals surface area contributed by atoms with Crippen LogP contribution in [0.2, 0.25) is 0 Å². The highest BCUT2D eigenvalue weighted by atomic mass is 16.7. The van der Waals surface area contributed by atoms with Crippen LogP contribution in [0.1, 0.15) is 38.2 Å². The molecule has 0 radical (unpaired) electrons. The third-order valence-electron chi connectivity index (χ3n) is 6.32. The second-order valence-corrected chi connectivity index (χ2v) is 8.26. The maximum absolute atomic E-state index is 12.8. The molecule has 2 aromatic rings. The molecule has 0 aliphatic carbocycles. The molecule has 3 heterocycles. The van der Waals surface area contributed by atoms with E-state index < -0.39 is 0 Å². The first-order valence-corrected chi connectivity index (χ1v) is 10.9. The van der Waals surface area contributed by atoms with Crippen molar-refractivity contribution in [3.63, 3.8) is 0 Å². The zero-order valence-electron chi connectivity index (χ0n) is 17.4. The van der Waals surface area contributed by atoms with E-state index in [9.17, 15) is 4.79 Å². The van der Waals surface area contributed by atoms with Crippen molar-refractivity contribution in [2.45, 2.75) is 45.1 Å². The molecule has 1 fully saturated rings. The van der Waals surface area contributed by atoms with Crippen LogP contribution >= 0.6 is 0 Å². The van der Waals surface area contributed by atoms with Gasteiger partial charge in [-0.25, -0.2) is 0 Å². The van der Waals surface area contributed by atoms with Crippen LogP contribution in [0.25, 0.3) is 0 Å². The SMILES string of the molecule is C[C@@H]1CCCN1CCCOc1ccc2c(c1)CCC(=O)N2c1cccc2c1OCO2. The Bertz CT molecular complexity index is 945. The molecule has 0 aromatic heterocycles. The molecule has 1 saturated heterocycles. The van der Waals surface area contributed by atoms with Crippen molar-refractivity contribution in [1.29, 1.82) is 0 Å². The Morgan fingerprint density at radius 3 is 2.93 bits per heavy atom. The van der Waals surface area contributed by atoms with Crippen LogP contribution in [0, 0.1) is 0 Å². The van der Waals surface area contributed by atoms with Crippen LogP contribution in [0.5, 0.6) is 17.2 Å². The van der Waals surface area contributed by atoms with Crippen LogP contribution in [0.4, 0.5) is 11.4 Å². The lowest BCUT2D eigenvalue weighted by atomic mass is 9.99. The highest BCUT2D eigenvalue weighted by Crippen LogP contribution is 2.46. The highest BCUT2D eigenvalue weighted by Gasteiger charge is 2.30. The fraction of sp³-hybridized carbons (Fsp3) is 0.458. The standard InChI is InChI=1S/C24H28N2O4/c1-17-5-3-12-25(17)13-4-14-28-19-9-10-20-18(15-19)8-11-23(27)26(20)21-6-2-7-22-24(21)30-16-29-22/h2,6-7,9-10,15,17H,3-5,8,11-14,16H2,1H3/t17-/m1/s1. The summed E-state index contributed by atoms with van der Waals surface area (Å²) in [5.74, 6) is 2.25. The minimum atomic E-state index is 0.0693. The number of ether oxygens (including phenoxy) is 3. The Kier molecular flexibility index (Phi) is 5.25. The molecule has 30 heavy (non-hydrogen) atoms. The van der Waals surface area contributed by atoms with Crippen LogP contribution in [0.15, 0.2) is 36.4 Å². The number of amides is 1. The predicted molar refractivity (Wildman–Crippen MR) is 115 cm³/mol. The van der Waals surface area contributed by atoms with Crippen LogP contribution < -0.4 is 19.1 Å². The largest absolute Gasteiger partial charge is 0.494 e. The van der Waals surface area contributed by atoms with Gasteiger partial charge >= 0.3 is 0 Å². The van der Waals surface area contributed by atoms with Crippen LogP contribution in [-0.4, -0.2) is 43.3 Å². The summed E-state index contributed by atoms with van der Waals surface area (Å²) in [4.78, 5) is 17.1. The second kappa shape index (κ2) is 8.19. The molecule has 5 rings (SSSR count). The number of para-hydroxylation sites is 1. The van der Waals surface area contributed by atoms with Crippen molar-refractivity contribution in [3.8, 4) is 17.2 Å². The van der Waals surface area contributed by atoms with E-state index >= 15 is 0 Å². The summed E-state index contributed by atoms with van der Waals surface area (Å²) in [7, 11) is 0. The van der Waals surface area contributed by atoms with Crippen molar-refractivity contribution < 1.29 is 19.0 Å². The molecule has 158 valence electrons. The number of likely N-dealkylation sites (tertiary alicyclic amines) is 1. The van der Waals surface area contributed by atoms with E-state index in [-0.39, 0.29) is 12.7 Å². The lowest BCUT2D eigenvalue weighted by Crippen LogP contribution is -2.31. The molecule has 0 saturated carbocycles. The summed E-state index contributed by atoms with van der Waals surface area (Å²) in [6.07, 6.45) is 4.83. The van der Waals surface area contributed by atoms with E-state index in [2.05, 4.69) is 17.9 Å². The average molecular weight is 408 g/mol. The maximum Gasteiger partial charge on any atom is 0.232 e. The third kappa shape index (κ3) is 3.60. The molecule has 2 aromatic carbocycles. The molecular formula is C24H28N2O4. The molecule has 3 aliphatic rings. The molecule has 0 N–H and O–H groups in total. The number of nitrogens with zero attached hydrogens (tertiary/aromatic N) is 2. The molecule has 1 amide bonds. The van der Waals surface area contributed by atoms with Gasteiger partial charge in [-0.15, -0.1) is 0 Å². The summed E-state index contributed by atoms with van der Waals surface area (Å²) >= 11 is 0. The molecular weight excluding hydrogens is 380 g/mol. The summed E-state index contributed by atoms with van der Waals surface area (Å²) in [6.45, 7) is 5.51. The van der Waals surface area contributed by atoms with Gasteiger partial charge < -0.3 is 19.1 Å². The molecule has 0 bridgehead atoms. The summed E-state index contributed by atoms with van der Waals surface area (Å²) in [5.41, 5.74) is 2.76. The number of anilines is 2. The molecule has 0 unspecified atom stereocenters. The van der Waals surface area contributed by atoms with Gasteiger partial charge in [0.15, 0.2) is 11.5 Å². The number of fused-ring (bicyclic) bond motifs is 2. The van der Waals surface area contributed by atoms with Gasteiger partial charge in [-0.1, -0.05) is 6.07 Å². The van der Waals surface area contributed by atoms with E-state index in [1.165, 1.54) is 19.4 Å². The first kappa shape index (κ1) is 19.2. The summed E-state index contributed by atoms with van der Waals surface area (Å²) in [6, 6.07) is 12.4. The quantitative estimate of drug-likeness (QED) is 0.668. The summed E-state index contributed by atoms with van der Waals surface area (Å²) in [5, 5.41) is 0. The van der Waals surface area contributed by atoms with Gasteiger partial charge in [0.25, 0.3) is 0 Å². The van der Waals surface area contributed by atoms with Gasteiger partial charge in [0, 0.05) is 19.0 Å². The lowest BCUT2D eigenvalue weighted by molar-refractivity contribution is -0.118. The zero-order valence-corrected chi connectivity index (χ0v) is 17.4. The maximum atomic E-state index is 12.8. The van der Waals surface area contributed by atoms with Crippen molar-refractivity contribution in [1.82, 2.24) is 4.90 Å². The molecule has 1 atom stereocenters. The van der Waals surface area contributed by atoms with Crippen molar-refractivity contribution in [3.05, 3.63) is 42.0 Å². The number of carbonyl (C=O) groups excluding carboxylic acids is 1. The molecule has 6 heteroatoms. The fourth-order valence-corrected chi connectivity index (χ4v) is 4.70. The number of hydrogen-bond donors (Lipinski definition) is 0. The number of rotatable bonds is 6. The monoisotopic (exact) mass is 408 g/mol. The van der Waals surface area contributed by atoms with Gasteiger partial charge in [0.2, 0.25) is 12.7 Å². The Hall–Kier alpha value is -2.73. The number of carbonyl (C=O) groups is 1. The number of aryl methyl sites for hydroxylation is 1. The minimum absolute atomic E-state index is 0.0693. The van der Waals surface area contributed by atoms with Gasteiger partial charge in [0.05, 0.1) is 18.0 Å². The van der Waals surface area contributed by atoms with Crippen molar-refractivity contribution in [2.24, 2.45) is 0 Å². The van der Waals surface area contributed by atoms with Crippen molar-refractivity contribution in [2.75, 3.05) is 31.4 Å². The topological polar surface area (TPSA) is 51.2 Å². The van der Waals surface area contributed by atoms with Crippen LogP contribution in [0.3, 0.4) is 0 Å². The van der Waals surface area contributed by atoms with E-state index in [0.717, 1.165) is 42.1 Å². The van der Waals surface area contributed by atoms with Crippen LogP contribution in [-0.2, 0) is 11.2 Å². The second-order valence-electron chi connectivity index (χ2n) is 8.26.